The van der Waals surface area contributed by atoms with E-state index in [0.717, 1.165) is 19.0 Å². The monoisotopic (exact) mass is 247 g/mol. The molecule has 0 aliphatic carbocycles. The van der Waals surface area contributed by atoms with Crippen LogP contribution in [0.3, 0.4) is 0 Å². The molecule has 0 aliphatic heterocycles. The number of benzene rings is 1. The second kappa shape index (κ2) is 6.94. The zero-order chi connectivity index (χ0) is 13.6. The minimum Gasteiger partial charge on any atom is -0.316 e. The molecule has 0 heterocycles. The Hall–Kier alpha value is -0.820. The molecule has 1 aromatic rings. The Balaban J connectivity index is 2.62. The molecule has 0 amide bonds. The lowest BCUT2D eigenvalue weighted by Gasteiger charge is -2.30. The van der Waals surface area contributed by atoms with Gasteiger partial charge < -0.3 is 5.32 Å². The molecule has 18 heavy (non-hydrogen) atoms. The van der Waals surface area contributed by atoms with E-state index in [1.54, 1.807) is 0 Å². The summed E-state index contributed by atoms with van der Waals surface area (Å²) < 4.78 is 0. The maximum Gasteiger partial charge on any atom is 0.000836 e. The van der Waals surface area contributed by atoms with Crippen molar-refractivity contribution >= 4 is 0 Å². The number of aryl methyl sites for hydroxylation is 1. The van der Waals surface area contributed by atoms with Crippen LogP contribution in [-0.4, -0.2) is 13.1 Å². The summed E-state index contributed by atoms with van der Waals surface area (Å²) in [4.78, 5) is 0. The van der Waals surface area contributed by atoms with Gasteiger partial charge in [0.1, 0.15) is 0 Å². The van der Waals surface area contributed by atoms with Gasteiger partial charge in [-0.1, -0.05) is 52.0 Å². The van der Waals surface area contributed by atoms with Gasteiger partial charge in [0.2, 0.25) is 0 Å². The van der Waals surface area contributed by atoms with Crippen molar-refractivity contribution in [3.05, 3.63) is 35.4 Å². The van der Waals surface area contributed by atoms with Crippen LogP contribution < -0.4 is 5.32 Å². The lowest BCUT2D eigenvalue weighted by atomic mass is 9.80. The highest BCUT2D eigenvalue weighted by Gasteiger charge is 2.22. The van der Waals surface area contributed by atoms with Crippen molar-refractivity contribution in [3.8, 4) is 0 Å². The zero-order valence-electron chi connectivity index (χ0n) is 12.7. The van der Waals surface area contributed by atoms with Crippen LogP contribution in [0.15, 0.2) is 24.3 Å². The minimum absolute atomic E-state index is 0.362. The molecule has 0 fully saturated rings. The van der Waals surface area contributed by atoms with Crippen LogP contribution in [0.4, 0.5) is 0 Å². The summed E-state index contributed by atoms with van der Waals surface area (Å²) in [6.45, 7) is 13.7. The fourth-order valence-electron chi connectivity index (χ4n) is 2.24. The van der Waals surface area contributed by atoms with Gasteiger partial charge in [-0.3, -0.25) is 0 Å². The Morgan fingerprint density at radius 2 is 1.89 bits per heavy atom. The van der Waals surface area contributed by atoms with Crippen LogP contribution in [0.25, 0.3) is 0 Å². The van der Waals surface area contributed by atoms with E-state index in [-0.39, 0.29) is 0 Å². The van der Waals surface area contributed by atoms with E-state index in [1.165, 1.54) is 24.0 Å². The lowest BCUT2D eigenvalue weighted by Crippen LogP contribution is -2.35. The molecule has 102 valence electrons. The third-order valence-corrected chi connectivity index (χ3v) is 3.84. The van der Waals surface area contributed by atoms with Gasteiger partial charge in [-0.25, -0.2) is 0 Å². The molecule has 1 heteroatoms. The molecule has 1 atom stereocenters. The van der Waals surface area contributed by atoms with Gasteiger partial charge in [0, 0.05) is 6.54 Å². The molecule has 1 rings (SSSR count). The molecular formula is C17H29N. The second-order valence-electron chi connectivity index (χ2n) is 6.29. The van der Waals surface area contributed by atoms with E-state index in [1.807, 2.05) is 0 Å². The Morgan fingerprint density at radius 1 is 1.22 bits per heavy atom. The van der Waals surface area contributed by atoms with Gasteiger partial charge in [0.25, 0.3) is 0 Å². The quantitative estimate of drug-likeness (QED) is 0.761. The van der Waals surface area contributed by atoms with Crippen LogP contribution in [-0.2, 0) is 6.42 Å². The lowest BCUT2D eigenvalue weighted by molar-refractivity contribution is 0.285. The first-order valence-electron chi connectivity index (χ1n) is 7.22. The fraction of sp³-hybridized carbons (Fsp3) is 0.647. The minimum atomic E-state index is 0.362. The fourth-order valence-corrected chi connectivity index (χ4v) is 2.24. The Kier molecular flexibility index (Phi) is 5.87. The van der Waals surface area contributed by atoms with Crippen LogP contribution >= 0.6 is 0 Å². The van der Waals surface area contributed by atoms with Crippen molar-refractivity contribution in [2.24, 2.45) is 11.3 Å². The molecule has 0 saturated carbocycles. The molecule has 1 N–H and O–H groups in total. The van der Waals surface area contributed by atoms with E-state index in [9.17, 15) is 0 Å². The predicted octanol–water partition coefficient (Wildman–Crippen LogP) is 4.20. The zero-order valence-corrected chi connectivity index (χ0v) is 12.7. The predicted molar refractivity (Wildman–Crippen MR) is 81.0 cm³/mol. The van der Waals surface area contributed by atoms with E-state index in [4.69, 9.17) is 0 Å². The van der Waals surface area contributed by atoms with E-state index in [2.05, 4.69) is 64.2 Å². The standard InChI is InChI=1S/C17H29N/c1-6-17(5,13-18-12-14(2)3)11-16-10-8-7-9-15(16)4/h7-10,14,18H,6,11-13H2,1-5H3. The summed E-state index contributed by atoms with van der Waals surface area (Å²) in [5.74, 6) is 0.726. The molecule has 1 aromatic carbocycles. The molecule has 1 nitrogen and oxygen atoms in total. The Labute approximate surface area is 113 Å². The first-order chi connectivity index (χ1) is 8.47. The third-order valence-electron chi connectivity index (χ3n) is 3.84. The summed E-state index contributed by atoms with van der Waals surface area (Å²) >= 11 is 0. The Morgan fingerprint density at radius 3 is 2.44 bits per heavy atom. The molecule has 1 unspecified atom stereocenters. The summed E-state index contributed by atoms with van der Waals surface area (Å²) in [5.41, 5.74) is 3.27. The topological polar surface area (TPSA) is 12.0 Å². The first-order valence-corrected chi connectivity index (χ1v) is 7.22. The maximum absolute atomic E-state index is 3.62. The number of nitrogens with one attached hydrogen (secondary N) is 1. The highest BCUT2D eigenvalue weighted by atomic mass is 14.9. The van der Waals surface area contributed by atoms with Crippen LogP contribution in [0.1, 0.15) is 45.2 Å². The van der Waals surface area contributed by atoms with Gasteiger partial charge in [-0.2, -0.15) is 0 Å². The smallest absolute Gasteiger partial charge is 0.000836 e. The SMILES string of the molecule is CCC(C)(CNCC(C)C)Cc1ccccc1C. The molecule has 0 spiro atoms. The van der Waals surface area contributed by atoms with Crippen LogP contribution in [0.5, 0.6) is 0 Å². The van der Waals surface area contributed by atoms with Crippen molar-refractivity contribution in [1.29, 1.82) is 0 Å². The van der Waals surface area contributed by atoms with Crippen molar-refractivity contribution in [3.63, 3.8) is 0 Å². The highest BCUT2D eigenvalue weighted by molar-refractivity contribution is 5.26. The summed E-state index contributed by atoms with van der Waals surface area (Å²) in [6, 6.07) is 8.76. The van der Waals surface area contributed by atoms with Gasteiger partial charge in [-0.05, 0) is 48.8 Å². The summed E-state index contributed by atoms with van der Waals surface area (Å²) in [7, 11) is 0. The van der Waals surface area contributed by atoms with E-state index < -0.39 is 0 Å². The van der Waals surface area contributed by atoms with Crippen LogP contribution in [0, 0.1) is 18.3 Å². The number of hydrogen-bond donors (Lipinski definition) is 1. The van der Waals surface area contributed by atoms with Crippen molar-refractivity contribution < 1.29 is 0 Å². The van der Waals surface area contributed by atoms with Gasteiger partial charge in [0.05, 0.1) is 0 Å². The Bertz CT molecular complexity index is 356. The normalized spacial score (nSPS) is 14.8. The van der Waals surface area contributed by atoms with E-state index in [0.29, 0.717) is 5.41 Å². The van der Waals surface area contributed by atoms with Crippen molar-refractivity contribution in [2.75, 3.05) is 13.1 Å². The number of rotatable bonds is 7. The van der Waals surface area contributed by atoms with E-state index >= 15 is 0 Å². The number of hydrogen-bond acceptors (Lipinski definition) is 1. The summed E-state index contributed by atoms with van der Waals surface area (Å²) in [6.07, 6.45) is 2.38. The third kappa shape index (κ3) is 4.81. The maximum atomic E-state index is 3.62. The molecule has 0 saturated heterocycles. The molecular weight excluding hydrogens is 218 g/mol. The molecule has 0 aromatic heterocycles. The summed E-state index contributed by atoms with van der Waals surface area (Å²) in [5, 5.41) is 3.62. The average molecular weight is 247 g/mol. The van der Waals surface area contributed by atoms with Crippen molar-refractivity contribution in [2.45, 2.75) is 47.5 Å². The van der Waals surface area contributed by atoms with Gasteiger partial charge in [-0.15, -0.1) is 0 Å². The highest BCUT2D eigenvalue weighted by Crippen LogP contribution is 2.27. The first kappa shape index (κ1) is 15.2. The second-order valence-corrected chi connectivity index (χ2v) is 6.29. The molecule has 0 aliphatic rings. The van der Waals surface area contributed by atoms with Gasteiger partial charge >= 0.3 is 0 Å². The largest absolute Gasteiger partial charge is 0.316 e. The molecule has 0 radical (unpaired) electrons. The average Bonchev–Trinajstić information content (AvgIpc) is 2.32. The molecule has 0 bridgehead atoms. The van der Waals surface area contributed by atoms with Gasteiger partial charge in [0.15, 0.2) is 0 Å². The van der Waals surface area contributed by atoms with Crippen LogP contribution in [0.2, 0.25) is 0 Å². The van der Waals surface area contributed by atoms with Crippen molar-refractivity contribution in [1.82, 2.24) is 5.32 Å².